The number of carboxylic acid groups (broad SMARTS) is 1. The van der Waals surface area contributed by atoms with Crippen LogP contribution in [0.4, 0.5) is 0 Å². The third kappa shape index (κ3) is 3.04. The summed E-state index contributed by atoms with van der Waals surface area (Å²) in [5, 5.41) is 13.8. The molecular formula is C15H19N3O2. The summed E-state index contributed by atoms with van der Waals surface area (Å²) in [5.74, 6) is 0.608. The molecule has 0 amide bonds. The van der Waals surface area contributed by atoms with Gasteiger partial charge in [0.25, 0.3) is 0 Å². The summed E-state index contributed by atoms with van der Waals surface area (Å²) >= 11 is 0. The van der Waals surface area contributed by atoms with Gasteiger partial charge in [0.2, 0.25) is 0 Å². The SMILES string of the molecule is Cc1nc(C(C)C)nn1C(Cc1ccccc1)C(=O)O. The van der Waals surface area contributed by atoms with Crippen LogP contribution in [0, 0.1) is 6.92 Å². The molecule has 5 heteroatoms. The molecule has 0 aliphatic heterocycles. The van der Waals surface area contributed by atoms with Gasteiger partial charge in [-0.25, -0.2) is 14.5 Å². The van der Waals surface area contributed by atoms with Crippen molar-refractivity contribution in [2.24, 2.45) is 0 Å². The Hall–Kier alpha value is -2.17. The van der Waals surface area contributed by atoms with Crippen molar-refractivity contribution < 1.29 is 9.90 Å². The van der Waals surface area contributed by atoms with Crippen LogP contribution in [0.5, 0.6) is 0 Å². The largest absolute Gasteiger partial charge is 0.480 e. The first-order chi connectivity index (χ1) is 9.49. The highest BCUT2D eigenvalue weighted by Gasteiger charge is 2.24. The fraction of sp³-hybridized carbons (Fsp3) is 0.400. The highest BCUT2D eigenvalue weighted by Crippen LogP contribution is 2.18. The summed E-state index contributed by atoms with van der Waals surface area (Å²) in [6.45, 7) is 5.78. The maximum atomic E-state index is 11.5. The second-order valence-electron chi connectivity index (χ2n) is 5.16. The van der Waals surface area contributed by atoms with Gasteiger partial charge in [-0.1, -0.05) is 44.2 Å². The molecule has 0 aliphatic rings. The lowest BCUT2D eigenvalue weighted by Gasteiger charge is -2.14. The van der Waals surface area contributed by atoms with E-state index in [1.807, 2.05) is 44.2 Å². The quantitative estimate of drug-likeness (QED) is 0.909. The van der Waals surface area contributed by atoms with Gasteiger partial charge in [-0.15, -0.1) is 0 Å². The second kappa shape index (κ2) is 5.86. The van der Waals surface area contributed by atoms with E-state index in [0.717, 1.165) is 5.56 Å². The van der Waals surface area contributed by atoms with Crippen LogP contribution < -0.4 is 0 Å². The minimum atomic E-state index is -0.892. The molecule has 2 rings (SSSR count). The van der Waals surface area contributed by atoms with E-state index in [4.69, 9.17) is 0 Å². The first kappa shape index (κ1) is 14.2. The van der Waals surface area contributed by atoms with E-state index in [1.54, 1.807) is 6.92 Å². The van der Waals surface area contributed by atoms with E-state index in [9.17, 15) is 9.90 Å². The molecule has 1 aromatic heterocycles. The molecule has 5 nitrogen and oxygen atoms in total. The van der Waals surface area contributed by atoms with Crippen LogP contribution in [0.1, 0.15) is 43.0 Å². The van der Waals surface area contributed by atoms with Crippen molar-refractivity contribution >= 4 is 5.97 Å². The summed E-state index contributed by atoms with van der Waals surface area (Å²) in [7, 11) is 0. The van der Waals surface area contributed by atoms with Crippen molar-refractivity contribution in [2.45, 2.75) is 39.2 Å². The number of rotatable bonds is 5. The Kier molecular flexibility index (Phi) is 4.17. The van der Waals surface area contributed by atoms with Crippen LogP contribution in [-0.2, 0) is 11.2 Å². The van der Waals surface area contributed by atoms with Gasteiger partial charge in [-0.05, 0) is 12.5 Å². The minimum absolute atomic E-state index is 0.182. The highest BCUT2D eigenvalue weighted by atomic mass is 16.4. The minimum Gasteiger partial charge on any atom is -0.480 e. The van der Waals surface area contributed by atoms with Crippen LogP contribution in [0.15, 0.2) is 30.3 Å². The predicted octanol–water partition coefficient (Wildman–Crippen LogP) is 2.58. The number of nitrogens with zero attached hydrogens (tertiary/aromatic N) is 3. The van der Waals surface area contributed by atoms with E-state index in [2.05, 4.69) is 10.1 Å². The fourth-order valence-electron chi connectivity index (χ4n) is 2.08. The van der Waals surface area contributed by atoms with E-state index < -0.39 is 12.0 Å². The molecule has 106 valence electrons. The first-order valence-corrected chi connectivity index (χ1v) is 6.68. The van der Waals surface area contributed by atoms with Gasteiger partial charge in [0.1, 0.15) is 5.82 Å². The van der Waals surface area contributed by atoms with E-state index in [-0.39, 0.29) is 5.92 Å². The molecule has 1 heterocycles. The Bertz CT molecular complexity index is 590. The molecule has 20 heavy (non-hydrogen) atoms. The maximum Gasteiger partial charge on any atom is 0.328 e. The highest BCUT2D eigenvalue weighted by molar-refractivity contribution is 5.72. The molecule has 0 aliphatic carbocycles. The van der Waals surface area contributed by atoms with E-state index in [0.29, 0.717) is 18.1 Å². The molecule has 0 fully saturated rings. The van der Waals surface area contributed by atoms with Crippen LogP contribution in [0.3, 0.4) is 0 Å². The topological polar surface area (TPSA) is 68.0 Å². The lowest BCUT2D eigenvalue weighted by molar-refractivity contribution is -0.141. The normalized spacial score (nSPS) is 12.6. The standard InChI is InChI=1S/C15H19N3O2/c1-10(2)14-16-11(3)18(17-14)13(15(19)20)9-12-7-5-4-6-8-12/h4-8,10,13H,9H2,1-3H3,(H,19,20). The predicted molar refractivity (Wildman–Crippen MR) is 75.7 cm³/mol. The molecule has 0 saturated heterocycles. The Morgan fingerprint density at radius 1 is 1.30 bits per heavy atom. The van der Waals surface area contributed by atoms with Crippen LogP contribution in [0.25, 0.3) is 0 Å². The van der Waals surface area contributed by atoms with Crippen LogP contribution >= 0.6 is 0 Å². The van der Waals surface area contributed by atoms with Gasteiger partial charge in [0.05, 0.1) is 0 Å². The summed E-state index contributed by atoms with van der Waals surface area (Å²) < 4.78 is 1.52. The van der Waals surface area contributed by atoms with Gasteiger partial charge in [-0.3, -0.25) is 0 Å². The number of aliphatic carboxylic acids is 1. The summed E-state index contributed by atoms with van der Waals surface area (Å²) in [5.41, 5.74) is 0.973. The van der Waals surface area contributed by atoms with Crippen molar-refractivity contribution in [3.63, 3.8) is 0 Å². The molecule has 0 bridgehead atoms. The van der Waals surface area contributed by atoms with E-state index >= 15 is 0 Å². The van der Waals surface area contributed by atoms with Gasteiger partial charge in [0.15, 0.2) is 11.9 Å². The Morgan fingerprint density at radius 3 is 2.45 bits per heavy atom. The van der Waals surface area contributed by atoms with Crippen molar-refractivity contribution in [1.29, 1.82) is 0 Å². The van der Waals surface area contributed by atoms with Crippen molar-refractivity contribution in [1.82, 2.24) is 14.8 Å². The monoisotopic (exact) mass is 273 g/mol. The number of hydrogen-bond donors (Lipinski definition) is 1. The van der Waals surface area contributed by atoms with Crippen molar-refractivity contribution in [3.8, 4) is 0 Å². The molecule has 1 unspecified atom stereocenters. The summed E-state index contributed by atoms with van der Waals surface area (Å²) in [6.07, 6.45) is 0.401. The zero-order chi connectivity index (χ0) is 14.7. The number of aryl methyl sites for hydroxylation is 1. The zero-order valence-electron chi connectivity index (χ0n) is 11.9. The number of benzene rings is 1. The fourth-order valence-corrected chi connectivity index (χ4v) is 2.08. The van der Waals surface area contributed by atoms with Gasteiger partial charge in [-0.2, -0.15) is 5.10 Å². The lowest BCUT2D eigenvalue weighted by atomic mass is 10.1. The summed E-state index contributed by atoms with van der Waals surface area (Å²) in [4.78, 5) is 15.9. The molecular weight excluding hydrogens is 254 g/mol. The first-order valence-electron chi connectivity index (χ1n) is 6.68. The maximum absolute atomic E-state index is 11.5. The van der Waals surface area contributed by atoms with Gasteiger partial charge in [0, 0.05) is 12.3 Å². The molecule has 1 aromatic carbocycles. The lowest BCUT2D eigenvalue weighted by Crippen LogP contribution is -2.23. The summed E-state index contributed by atoms with van der Waals surface area (Å²) in [6, 6.07) is 8.84. The average Bonchev–Trinajstić information content (AvgIpc) is 2.79. The van der Waals surface area contributed by atoms with Crippen LogP contribution in [0.2, 0.25) is 0 Å². The molecule has 1 N–H and O–H groups in total. The Morgan fingerprint density at radius 2 is 1.95 bits per heavy atom. The Labute approximate surface area is 118 Å². The van der Waals surface area contributed by atoms with Crippen molar-refractivity contribution in [3.05, 3.63) is 47.5 Å². The molecule has 2 aromatic rings. The molecule has 0 spiro atoms. The third-order valence-corrected chi connectivity index (χ3v) is 3.19. The smallest absolute Gasteiger partial charge is 0.328 e. The zero-order valence-corrected chi connectivity index (χ0v) is 11.9. The number of carbonyl (C=O) groups is 1. The second-order valence-corrected chi connectivity index (χ2v) is 5.16. The third-order valence-electron chi connectivity index (χ3n) is 3.19. The number of carboxylic acids is 1. The number of hydrogen-bond acceptors (Lipinski definition) is 3. The van der Waals surface area contributed by atoms with Gasteiger partial charge < -0.3 is 5.11 Å². The average molecular weight is 273 g/mol. The molecule has 0 radical (unpaired) electrons. The van der Waals surface area contributed by atoms with Gasteiger partial charge >= 0.3 is 5.97 Å². The number of aromatic nitrogens is 3. The molecule has 1 atom stereocenters. The van der Waals surface area contributed by atoms with Crippen molar-refractivity contribution in [2.75, 3.05) is 0 Å². The Balaban J connectivity index is 2.32. The molecule has 0 saturated carbocycles. The van der Waals surface area contributed by atoms with Crippen LogP contribution in [-0.4, -0.2) is 25.8 Å². The van der Waals surface area contributed by atoms with E-state index in [1.165, 1.54) is 4.68 Å².